The molecule has 1 fully saturated rings. The van der Waals surface area contributed by atoms with Crippen molar-refractivity contribution in [3.8, 4) is 0 Å². The van der Waals surface area contributed by atoms with Crippen LogP contribution in [0.1, 0.15) is 30.1 Å². The number of carbonyl (C=O) groups is 3. The highest BCUT2D eigenvalue weighted by molar-refractivity contribution is 5.96. The summed E-state index contributed by atoms with van der Waals surface area (Å²) in [5.41, 5.74) is 6.59. The molecule has 1 aromatic rings. The number of carbonyl (C=O) groups excluding carboxylic acids is 3. The molecule has 7 nitrogen and oxygen atoms in total. The van der Waals surface area contributed by atoms with Crippen molar-refractivity contribution in [2.24, 2.45) is 11.7 Å². The van der Waals surface area contributed by atoms with Gasteiger partial charge in [-0.25, -0.2) is 0 Å². The maximum absolute atomic E-state index is 12.6. The van der Waals surface area contributed by atoms with Crippen molar-refractivity contribution < 1.29 is 14.4 Å². The Kier molecular flexibility index (Phi) is 6.31. The zero-order valence-electron chi connectivity index (χ0n) is 13.9. The van der Waals surface area contributed by atoms with Crippen LogP contribution in [0.5, 0.6) is 0 Å². The molecular formula is C17H24N4O3. The van der Waals surface area contributed by atoms with Gasteiger partial charge in [-0.2, -0.15) is 0 Å². The first kappa shape index (κ1) is 17.9. The van der Waals surface area contributed by atoms with Crippen molar-refractivity contribution in [2.45, 2.75) is 19.8 Å². The molecule has 0 bridgehead atoms. The van der Waals surface area contributed by atoms with Gasteiger partial charge in [-0.3, -0.25) is 14.4 Å². The molecule has 1 aliphatic heterocycles. The molecule has 0 saturated carbocycles. The maximum atomic E-state index is 12.6. The minimum Gasteiger partial charge on any atom is -0.355 e. The minimum atomic E-state index is -0.187. The van der Waals surface area contributed by atoms with E-state index >= 15 is 0 Å². The largest absolute Gasteiger partial charge is 0.355 e. The lowest BCUT2D eigenvalue weighted by Crippen LogP contribution is -2.46. The van der Waals surface area contributed by atoms with Crippen LogP contribution >= 0.6 is 0 Å². The molecule has 1 heterocycles. The van der Waals surface area contributed by atoms with E-state index in [2.05, 4.69) is 10.6 Å². The lowest BCUT2D eigenvalue weighted by molar-refractivity contribution is -0.126. The Morgan fingerprint density at radius 3 is 2.58 bits per heavy atom. The fraction of sp³-hybridized carbons (Fsp3) is 0.471. The fourth-order valence-electron chi connectivity index (χ4n) is 2.80. The van der Waals surface area contributed by atoms with Gasteiger partial charge in [-0.1, -0.05) is 0 Å². The Morgan fingerprint density at radius 1 is 1.25 bits per heavy atom. The zero-order valence-corrected chi connectivity index (χ0v) is 13.9. The van der Waals surface area contributed by atoms with Crippen molar-refractivity contribution in [1.82, 2.24) is 10.2 Å². The average Bonchev–Trinajstić information content (AvgIpc) is 2.59. The molecule has 3 amide bonds. The molecule has 7 heteroatoms. The molecule has 0 spiro atoms. The Balaban J connectivity index is 1.98. The van der Waals surface area contributed by atoms with Crippen molar-refractivity contribution in [3.05, 3.63) is 29.8 Å². The lowest BCUT2D eigenvalue weighted by atomic mass is 9.96. The van der Waals surface area contributed by atoms with Gasteiger partial charge in [0.05, 0.1) is 5.92 Å². The summed E-state index contributed by atoms with van der Waals surface area (Å²) in [5, 5.41) is 5.45. The van der Waals surface area contributed by atoms with E-state index in [9.17, 15) is 14.4 Å². The molecule has 130 valence electrons. The molecule has 1 atom stereocenters. The van der Waals surface area contributed by atoms with Gasteiger partial charge >= 0.3 is 0 Å². The molecule has 0 radical (unpaired) electrons. The Labute approximate surface area is 141 Å². The molecule has 1 aliphatic rings. The standard InChI is InChI=1S/C17H24N4O3/c1-12(22)20-15-6-4-13(5-7-15)17(24)21-10-2-3-14(11-21)16(23)19-9-8-18/h4-7,14H,2-3,8-11,18H2,1H3,(H,19,23)(H,20,22). The van der Waals surface area contributed by atoms with E-state index in [1.807, 2.05) is 0 Å². The van der Waals surface area contributed by atoms with E-state index in [0.29, 0.717) is 37.4 Å². The van der Waals surface area contributed by atoms with Gasteiger partial charge in [-0.05, 0) is 37.1 Å². The van der Waals surface area contributed by atoms with Crippen LogP contribution in [0.3, 0.4) is 0 Å². The van der Waals surface area contributed by atoms with Crippen LogP contribution in [0, 0.1) is 5.92 Å². The van der Waals surface area contributed by atoms with Crippen LogP contribution in [0.2, 0.25) is 0 Å². The number of nitrogens with two attached hydrogens (primary N) is 1. The number of hydrogen-bond acceptors (Lipinski definition) is 4. The summed E-state index contributed by atoms with van der Waals surface area (Å²) in [4.78, 5) is 37.4. The second-order valence-electron chi connectivity index (χ2n) is 5.93. The average molecular weight is 332 g/mol. The quantitative estimate of drug-likeness (QED) is 0.733. The Bertz CT molecular complexity index is 600. The first-order chi connectivity index (χ1) is 11.5. The van der Waals surface area contributed by atoms with Gasteiger partial charge in [0.25, 0.3) is 5.91 Å². The second-order valence-corrected chi connectivity index (χ2v) is 5.93. The number of nitrogens with one attached hydrogen (secondary N) is 2. The zero-order chi connectivity index (χ0) is 17.5. The third-order valence-electron chi connectivity index (χ3n) is 3.98. The number of rotatable bonds is 5. The molecule has 1 saturated heterocycles. The van der Waals surface area contributed by atoms with Gasteiger partial charge in [0.1, 0.15) is 0 Å². The summed E-state index contributed by atoms with van der Waals surface area (Å²) in [7, 11) is 0. The van der Waals surface area contributed by atoms with E-state index in [4.69, 9.17) is 5.73 Å². The number of amides is 3. The third-order valence-corrected chi connectivity index (χ3v) is 3.98. The van der Waals surface area contributed by atoms with E-state index in [0.717, 1.165) is 12.8 Å². The number of benzene rings is 1. The van der Waals surface area contributed by atoms with Crippen molar-refractivity contribution in [3.63, 3.8) is 0 Å². The van der Waals surface area contributed by atoms with E-state index < -0.39 is 0 Å². The van der Waals surface area contributed by atoms with Crippen molar-refractivity contribution >= 4 is 23.4 Å². The molecule has 0 aromatic heterocycles. The van der Waals surface area contributed by atoms with Gasteiger partial charge in [0.15, 0.2) is 0 Å². The first-order valence-electron chi connectivity index (χ1n) is 8.16. The number of nitrogens with zero attached hydrogens (tertiary/aromatic N) is 1. The van der Waals surface area contributed by atoms with Crippen LogP contribution < -0.4 is 16.4 Å². The number of hydrogen-bond donors (Lipinski definition) is 3. The smallest absolute Gasteiger partial charge is 0.253 e. The van der Waals surface area contributed by atoms with Gasteiger partial charge in [-0.15, -0.1) is 0 Å². The molecule has 24 heavy (non-hydrogen) atoms. The molecule has 1 unspecified atom stereocenters. The third kappa shape index (κ3) is 4.79. The Hall–Kier alpha value is -2.41. The summed E-state index contributed by atoms with van der Waals surface area (Å²) in [6, 6.07) is 6.77. The summed E-state index contributed by atoms with van der Waals surface area (Å²) >= 11 is 0. The normalized spacial score (nSPS) is 17.2. The molecule has 2 rings (SSSR count). The van der Waals surface area contributed by atoms with Crippen LogP contribution in [0.4, 0.5) is 5.69 Å². The fourth-order valence-corrected chi connectivity index (χ4v) is 2.80. The van der Waals surface area contributed by atoms with Gasteiger partial charge in [0.2, 0.25) is 11.8 Å². The summed E-state index contributed by atoms with van der Waals surface area (Å²) in [5.74, 6) is -0.482. The summed E-state index contributed by atoms with van der Waals surface area (Å²) in [6.45, 7) is 3.36. The van der Waals surface area contributed by atoms with E-state index in [-0.39, 0.29) is 23.6 Å². The minimum absolute atomic E-state index is 0.0426. The monoisotopic (exact) mass is 332 g/mol. The molecular weight excluding hydrogens is 308 g/mol. The topological polar surface area (TPSA) is 105 Å². The predicted molar refractivity (Wildman–Crippen MR) is 91.4 cm³/mol. The van der Waals surface area contributed by atoms with Gasteiger partial charge < -0.3 is 21.3 Å². The Morgan fingerprint density at radius 2 is 1.96 bits per heavy atom. The highest BCUT2D eigenvalue weighted by atomic mass is 16.2. The molecule has 1 aromatic carbocycles. The van der Waals surface area contributed by atoms with Gasteiger partial charge in [0, 0.05) is 44.4 Å². The number of likely N-dealkylation sites (tertiary alicyclic amines) is 1. The van der Waals surface area contributed by atoms with Crippen molar-refractivity contribution in [1.29, 1.82) is 0 Å². The number of piperidine rings is 1. The maximum Gasteiger partial charge on any atom is 0.253 e. The number of anilines is 1. The van der Waals surface area contributed by atoms with Crippen molar-refractivity contribution in [2.75, 3.05) is 31.5 Å². The van der Waals surface area contributed by atoms with Crippen LogP contribution in [-0.2, 0) is 9.59 Å². The van der Waals surface area contributed by atoms with Crippen LogP contribution in [0.15, 0.2) is 24.3 Å². The second kappa shape index (κ2) is 8.44. The lowest BCUT2D eigenvalue weighted by Gasteiger charge is -2.32. The van der Waals surface area contributed by atoms with E-state index in [1.165, 1.54) is 6.92 Å². The summed E-state index contributed by atoms with van der Waals surface area (Å²) < 4.78 is 0. The first-order valence-corrected chi connectivity index (χ1v) is 8.16. The van der Waals surface area contributed by atoms with Crippen LogP contribution in [-0.4, -0.2) is 48.8 Å². The SMILES string of the molecule is CC(=O)Nc1ccc(C(=O)N2CCCC(C(=O)NCCN)C2)cc1. The van der Waals surface area contributed by atoms with Crippen LogP contribution in [0.25, 0.3) is 0 Å². The molecule has 0 aliphatic carbocycles. The molecule has 4 N–H and O–H groups in total. The van der Waals surface area contributed by atoms with E-state index in [1.54, 1.807) is 29.2 Å². The predicted octanol–water partition coefficient (Wildman–Crippen LogP) is 0.572. The highest BCUT2D eigenvalue weighted by Crippen LogP contribution is 2.19. The summed E-state index contributed by atoms with van der Waals surface area (Å²) in [6.07, 6.45) is 1.58. The highest BCUT2D eigenvalue weighted by Gasteiger charge is 2.28.